The molecule has 4 heteroatoms. The van der Waals surface area contributed by atoms with Crippen LogP contribution in [-0.4, -0.2) is 31.7 Å². The summed E-state index contributed by atoms with van der Waals surface area (Å²) in [6, 6.07) is 0.115. The normalized spacial score (nSPS) is 31.6. The standard InChI is InChI=1S/C7H13F2NO/c1-5-6(2-3-11-5)10-4-7(8)9/h5-7,10H,2-4H2,1H3. The first-order valence-corrected chi connectivity index (χ1v) is 3.83. The second-order valence-corrected chi connectivity index (χ2v) is 2.77. The molecule has 0 saturated carbocycles. The Balaban J connectivity index is 2.15. The summed E-state index contributed by atoms with van der Waals surface area (Å²) in [7, 11) is 0. The van der Waals surface area contributed by atoms with Crippen molar-refractivity contribution in [3.8, 4) is 0 Å². The van der Waals surface area contributed by atoms with Gasteiger partial charge < -0.3 is 10.1 Å². The molecule has 1 aliphatic heterocycles. The number of hydrogen-bond donors (Lipinski definition) is 1. The van der Waals surface area contributed by atoms with Gasteiger partial charge in [-0.05, 0) is 13.3 Å². The van der Waals surface area contributed by atoms with Crippen LogP contribution in [-0.2, 0) is 4.74 Å². The molecule has 0 aromatic heterocycles. The third-order valence-corrected chi connectivity index (χ3v) is 1.91. The van der Waals surface area contributed by atoms with Crippen LogP contribution < -0.4 is 5.32 Å². The van der Waals surface area contributed by atoms with Gasteiger partial charge in [-0.2, -0.15) is 0 Å². The molecular formula is C7H13F2NO. The van der Waals surface area contributed by atoms with Crippen molar-refractivity contribution in [1.82, 2.24) is 5.32 Å². The average Bonchev–Trinajstić information content (AvgIpc) is 2.31. The van der Waals surface area contributed by atoms with Gasteiger partial charge in [0.15, 0.2) is 0 Å². The highest BCUT2D eigenvalue weighted by Crippen LogP contribution is 2.12. The molecule has 2 unspecified atom stereocenters. The van der Waals surface area contributed by atoms with E-state index < -0.39 is 6.43 Å². The lowest BCUT2D eigenvalue weighted by molar-refractivity contribution is 0.102. The lowest BCUT2D eigenvalue weighted by atomic mass is 10.1. The van der Waals surface area contributed by atoms with Gasteiger partial charge in [-0.25, -0.2) is 8.78 Å². The van der Waals surface area contributed by atoms with Crippen molar-refractivity contribution in [1.29, 1.82) is 0 Å². The Labute approximate surface area is 64.9 Å². The zero-order valence-corrected chi connectivity index (χ0v) is 6.52. The minimum absolute atomic E-state index is 0.0775. The van der Waals surface area contributed by atoms with E-state index >= 15 is 0 Å². The SMILES string of the molecule is CC1OCCC1NCC(F)F. The highest BCUT2D eigenvalue weighted by Gasteiger charge is 2.24. The summed E-state index contributed by atoms with van der Waals surface area (Å²) in [4.78, 5) is 0. The van der Waals surface area contributed by atoms with Gasteiger partial charge in [-0.1, -0.05) is 0 Å². The van der Waals surface area contributed by atoms with E-state index in [1.54, 1.807) is 0 Å². The number of nitrogens with one attached hydrogen (secondary N) is 1. The van der Waals surface area contributed by atoms with E-state index in [1.807, 2.05) is 6.92 Å². The maximum absolute atomic E-state index is 11.7. The maximum Gasteiger partial charge on any atom is 0.250 e. The van der Waals surface area contributed by atoms with Crippen molar-refractivity contribution in [2.75, 3.05) is 13.2 Å². The van der Waals surface area contributed by atoms with Crippen LogP contribution in [0.25, 0.3) is 0 Å². The number of hydrogen-bond acceptors (Lipinski definition) is 2. The van der Waals surface area contributed by atoms with E-state index in [0.717, 1.165) is 6.42 Å². The van der Waals surface area contributed by atoms with Crippen molar-refractivity contribution in [2.24, 2.45) is 0 Å². The zero-order valence-electron chi connectivity index (χ0n) is 6.52. The second-order valence-electron chi connectivity index (χ2n) is 2.77. The van der Waals surface area contributed by atoms with E-state index in [9.17, 15) is 8.78 Å². The van der Waals surface area contributed by atoms with Crippen molar-refractivity contribution in [3.05, 3.63) is 0 Å². The third-order valence-electron chi connectivity index (χ3n) is 1.91. The Bertz CT molecular complexity index is 121. The van der Waals surface area contributed by atoms with Crippen molar-refractivity contribution in [2.45, 2.75) is 31.9 Å². The van der Waals surface area contributed by atoms with Gasteiger partial charge in [0.25, 0.3) is 6.43 Å². The highest BCUT2D eigenvalue weighted by atomic mass is 19.3. The van der Waals surface area contributed by atoms with E-state index in [0.29, 0.717) is 6.61 Å². The van der Waals surface area contributed by atoms with Crippen molar-refractivity contribution >= 4 is 0 Å². The fourth-order valence-corrected chi connectivity index (χ4v) is 1.24. The summed E-state index contributed by atoms with van der Waals surface area (Å²) < 4.78 is 28.6. The molecule has 1 N–H and O–H groups in total. The molecule has 0 bridgehead atoms. The molecule has 1 aliphatic rings. The molecule has 0 radical (unpaired) electrons. The Kier molecular flexibility index (Phi) is 3.20. The summed E-state index contributed by atoms with van der Waals surface area (Å²) >= 11 is 0. The summed E-state index contributed by atoms with van der Waals surface area (Å²) in [5, 5.41) is 2.76. The number of alkyl halides is 2. The van der Waals surface area contributed by atoms with Crippen LogP contribution >= 0.6 is 0 Å². The van der Waals surface area contributed by atoms with E-state index in [1.165, 1.54) is 0 Å². The minimum Gasteiger partial charge on any atom is -0.377 e. The number of rotatable bonds is 3. The van der Waals surface area contributed by atoms with Crippen LogP contribution in [0.5, 0.6) is 0 Å². The molecule has 1 rings (SSSR count). The van der Waals surface area contributed by atoms with Gasteiger partial charge in [0, 0.05) is 12.6 Å². The van der Waals surface area contributed by atoms with Crippen LogP contribution in [0.2, 0.25) is 0 Å². The largest absolute Gasteiger partial charge is 0.377 e. The first kappa shape index (κ1) is 8.87. The molecule has 1 saturated heterocycles. The quantitative estimate of drug-likeness (QED) is 0.674. The lowest BCUT2D eigenvalue weighted by Gasteiger charge is -2.14. The van der Waals surface area contributed by atoms with Crippen LogP contribution in [0.1, 0.15) is 13.3 Å². The predicted molar refractivity (Wildman–Crippen MR) is 37.8 cm³/mol. The predicted octanol–water partition coefficient (Wildman–Crippen LogP) is 1.02. The highest BCUT2D eigenvalue weighted by molar-refractivity contribution is 4.78. The molecular weight excluding hydrogens is 152 g/mol. The summed E-state index contributed by atoms with van der Waals surface area (Å²) in [5.74, 6) is 0. The smallest absolute Gasteiger partial charge is 0.250 e. The van der Waals surface area contributed by atoms with E-state index in [2.05, 4.69) is 5.32 Å². The molecule has 0 spiro atoms. The first-order valence-electron chi connectivity index (χ1n) is 3.83. The monoisotopic (exact) mass is 165 g/mol. The molecule has 0 amide bonds. The molecule has 0 aromatic rings. The average molecular weight is 165 g/mol. The van der Waals surface area contributed by atoms with Gasteiger partial charge in [-0.15, -0.1) is 0 Å². The molecule has 0 aliphatic carbocycles. The Hall–Kier alpha value is -0.220. The Morgan fingerprint density at radius 2 is 2.36 bits per heavy atom. The van der Waals surface area contributed by atoms with Gasteiger partial charge >= 0.3 is 0 Å². The van der Waals surface area contributed by atoms with Gasteiger partial charge in [0.2, 0.25) is 0 Å². The van der Waals surface area contributed by atoms with Gasteiger partial charge in [0.05, 0.1) is 12.6 Å². The van der Waals surface area contributed by atoms with Crippen LogP contribution in [0, 0.1) is 0 Å². The first-order chi connectivity index (χ1) is 5.20. The third kappa shape index (κ3) is 2.71. The van der Waals surface area contributed by atoms with Crippen molar-refractivity contribution < 1.29 is 13.5 Å². The number of halogens is 2. The Morgan fingerprint density at radius 3 is 2.82 bits per heavy atom. The van der Waals surface area contributed by atoms with Gasteiger partial charge in [-0.3, -0.25) is 0 Å². The van der Waals surface area contributed by atoms with Crippen LogP contribution in [0.4, 0.5) is 8.78 Å². The molecule has 0 aromatic carbocycles. The molecule has 2 nitrogen and oxygen atoms in total. The minimum atomic E-state index is -2.26. The molecule has 1 fully saturated rings. The van der Waals surface area contributed by atoms with Gasteiger partial charge in [0.1, 0.15) is 0 Å². The van der Waals surface area contributed by atoms with Crippen LogP contribution in [0.15, 0.2) is 0 Å². The van der Waals surface area contributed by atoms with E-state index in [-0.39, 0.29) is 18.7 Å². The second kappa shape index (κ2) is 3.97. The molecule has 66 valence electrons. The van der Waals surface area contributed by atoms with Crippen molar-refractivity contribution in [3.63, 3.8) is 0 Å². The number of ether oxygens (including phenoxy) is 1. The Morgan fingerprint density at radius 1 is 1.64 bits per heavy atom. The summed E-state index contributed by atoms with van der Waals surface area (Å²) in [5.41, 5.74) is 0. The van der Waals surface area contributed by atoms with Crippen LogP contribution in [0.3, 0.4) is 0 Å². The molecule has 2 atom stereocenters. The van der Waals surface area contributed by atoms with E-state index in [4.69, 9.17) is 4.74 Å². The summed E-state index contributed by atoms with van der Waals surface area (Å²) in [6.45, 7) is 2.36. The maximum atomic E-state index is 11.7. The lowest BCUT2D eigenvalue weighted by Crippen LogP contribution is -2.37. The topological polar surface area (TPSA) is 21.3 Å². The molecule has 1 heterocycles. The fourth-order valence-electron chi connectivity index (χ4n) is 1.24. The fraction of sp³-hybridized carbons (Fsp3) is 1.00. The molecule has 11 heavy (non-hydrogen) atoms. The summed E-state index contributed by atoms with van der Waals surface area (Å²) in [6.07, 6.45) is -1.34. The zero-order chi connectivity index (χ0) is 8.27.